The number of thioether (sulfide) groups is 1. The number of anilines is 1. The summed E-state index contributed by atoms with van der Waals surface area (Å²) in [5, 5.41) is 3.80. The number of aromatic nitrogens is 1. The Morgan fingerprint density at radius 3 is 3.40 bits per heavy atom. The van der Waals surface area contributed by atoms with Crippen molar-refractivity contribution in [3.05, 3.63) is 18.5 Å². The second-order valence-electron chi connectivity index (χ2n) is 2.28. The maximum absolute atomic E-state index is 4.01. The van der Waals surface area contributed by atoms with Crippen LogP contribution < -0.4 is 5.32 Å². The summed E-state index contributed by atoms with van der Waals surface area (Å²) < 4.78 is 0. The normalized spacial score (nSPS) is 21.9. The van der Waals surface area contributed by atoms with Gasteiger partial charge in [-0.1, -0.05) is 11.8 Å². The third-order valence-corrected chi connectivity index (χ3v) is 2.52. The van der Waals surface area contributed by atoms with Gasteiger partial charge in [0, 0.05) is 11.1 Å². The van der Waals surface area contributed by atoms with Gasteiger partial charge in [0.1, 0.15) is 0 Å². The van der Waals surface area contributed by atoms with Gasteiger partial charge >= 0.3 is 0 Å². The van der Waals surface area contributed by atoms with Crippen LogP contribution in [0.15, 0.2) is 23.4 Å². The molecule has 2 rings (SSSR count). The van der Waals surface area contributed by atoms with Gasteiger partial charge in [-0.05, 0) is 13.0 Å². The molecule has 0 bridgehead atoms. The van der Waals surface area contributed by atoms with E-state index in [4.69, 9.17) is 0 Å². The van der Waals surface area contributed by atoms with Crippen molar-refractivity contribution in [3.8, 4) is 0 Å². The minimum atomic E-state index is 0.499. The second-order valence-corrected chi connectivity index (χ2v) is 3.66. The molecule has 1 aliphatic heterocycles. The zero-order valence-electron chi connectivity index (χ0n) is 5.66. The number of rotatable bonds is 0. The van der Waals surface area contributed by atoms with E-state index in [9.17, 15) is 0 Å². The molecule has 0 amide bonds. The molecule has 0 spiro atoms. The van der Waals surface area contributed by atoms with Crippen LogP contribution in [0, 0.1) is 0 Å². The van der Waals surface area contributed by atoms with E-state index in [-0.39, 0.29) is 0 Å². The highest BCUT2D eigenvalue weighted by Crippen LogP contribution is 2.36. The van der Waals surface area contributed by atoms with Gasteiger partial charge in [-0.25, -0.2) is 0 Å². The van der Waals surface area contributed by atoms with Crippen molar-refractivity contribution >= 4 is 17.4 Å². The van der Waals surface area contributed by atoms with Crippen molar-refractivity contribution in [2.45, 2.75) is 17.2 Å². The van der Waals surface area contributed by atoms with Gasteiger partial charge in [-0.3, -0.25) is 4.98 Å². The first-order valence-electron chi connectivity index (χ1n) is 3.23. The molecular formula is C7H8N2S. The summed E-state index contributed by atoms with van der Waals surface area (Å²) in [5.41, 5.74) is 1.17. The summed E-state index contributed by atoms with van der Waals surface area (Å²) in [6.07, 6.45) is 3.69. The quantitative estimate of drug-likeness (QED) is 0.615. The van der Waals surface area contributed by atoms with Crippen LogP contribution in [-0.4, -0.2) is 10.4 Å². The van der Waals surface area contributed by atoms with Crippen LogP contribution in [0.3, 0.4) is 0 Å². The van der Waals surface area contributed by atoms with Gasteiger partial charge in [0.05, 0.1) is 17.3 Å². The average Bonchev–Trinajstić information content (AvgIpc) is 2.27. The predicted molar refractivity (Wildman–Crippen MR) is 43.2 cm³/mol. The molecule has 1 aromatic rings. The van der Waals surface area contributed by atoms with Gasteiger partial charge in [0.2, 0.25) is 0 Å². The van der Waals surface area contributed by atoms with Crippen LogP contribution in [0.4, 0.5) is 5.69 Å². The fourth-order valence-corrected chi connectivity index (χ4v) is 1.98. The summed E-state index contributed by atoms with van der Waals surface area (Å²) in [4.78, 5) is 5.32. The molecular weight excluding hydrogens is 144 g/mol. The topological polar surface area (TPSA) is 24.9 Å². The first-order chi connectivity index (χ1) is 4.86. The van der Waals surface area contributed by atoms with Crippen LogP contribution in [0.5, 0.6) is 0 Å². The van der Waals surface area contributed by atoms with Crippen LogP contribution in [0.2, 0.25) is 0 Å². The smallest absolute Gasteiger partial charge is 0.0742 e. The predicted octanol–water partition coefficient (Wildman–Crippen LogP) is 1.95. The summed E-state index contributed by atoms with van der Waals surface area (Å²) in [7, 11) is 0. The molecule has 0 radical (unpaired) electrons. The summed E-state index contributed by atoms with van der Waals surface area (Å²) in [6.45, 7) is 2.14. The van der Waals surface area contributed by atoms with Crippen molar-refractivity contribution in [2.24, 2.45) is 0 Å². The molecule has 2 heterocycles. The van der Waals surface area contributed by atoms with Crippen LogP contribution in [0.25, 0.3) is 0 Å². The minimum absolute atomic E-state index is 0.499. The molecule has 0 saturated heterocycles. The van der Waals surface area contributed by atoms with Crippen molar-refractivity contribution < 1.29 is 0 Å². The lowest BCUT2D eigenvalue weighted by Gasteiger charge is -1.98. The number of hydrogen-bond acceptors (Lipinski definition) is 3. The highest BCUT2D eigenvalue weighted by molar-refractivity contribution is 8.00. The van der Waals surface area contributed by atoms with Crippen molar-refractivity contribution in [2.75, 3.05) is 5.32 Å². The molecule has 0 aromatic carbocycles. The third kappa shape index (κ3) is 0.865. The van der Waals surface area contributed by atoms with E-state index in [0.29, 0.717) is 5.37 Å². The van der Waals surface area contributed by atoms with Gasteiger partial charge < -0.3 is 5.32 Å². The Balaban J connectivity index is 2.42. The Morgan fingerprint density at radius 1 is 1.70 bits per heavy atom. The first kappa shape index (κ1) is 6.04. The number of pyridine rings is 1. The van der Waals surface area contributed by atoms with E-state index in [2.05, 4.69) is 17.2 Å². The average molecular weight is 152 g/mol. The molecule has 1 N–H and O–H groups in total. The Labute approximate surface area is 64.0 Å². The lowest BCUT2D eigenvalue weighted by Crippen LogP contribution is -2.02. The molecule has 1 atom stereocenters. The minimum Gasteiger partial charge on any atom is -0.371 e. The molecule has 1 aliphatic rings. The molecule has 1 aromatic heterocycles. The van der Waals surface area contributed by atoms with E-state index in [1.807, 2.05) is 30.2 Å². The first-order valence-corrected chi connectivity index (χ1v) is 4.11. The maximum atomic E-state index is 4.01. The molecule has 10 heavy (non-hydrogen) atoms. The fourth-order valence-electron chi connectivity index (χ4n) is 1.03. The van der Waals surface area contributed by atoms with E-state index < -0.39 is 0 Å². The summed E-state index contributed by atoms with van der Waals surface area (Å²) in [5.74, 6) is 0. The Hall–Kier alpha value is -0.700. The van der Waals surface area contributed by atoms with Gasteiger partial charge in [-0.2, -0.15) is 0 Å². The summed E-state index contributed by atoms with van der Waals surface area (Å²) in [6, 6.07) is 2.04. The van der Waals surface area contributed by atoms with E-state index in [1.54, 1.807) is 0 Å². The van der Waals surface area contributed by atoms with E-state index >= 15 is 0 Å². The molecule has 52 valence electrons. The lowest BCUT2D eigenvalue weighted by molar-refractivity contribution is 1.14. The number of nitrogens with zero attached hydrogens (tertiary/aromatic N) is 1. The standard InChI is InChI=1S/C7H8N2S/c1-5-9-6-4-8-3-2-7(6)10-5/h2-5,9H,1H3. The maximum Gasteiger partial charge on any atom is 0.0742 e. The molecule has 3 heteroatoms. The molecule has 0 saturated carbocycles. The van der Waals surface area contributed by atoms with Crippen LogP contribution in [-0.2, 0) is 0 Å². The zero-order valence-corrected chi connectivity index (χ0v) is 6.48. The number of nitrogens with one attached hydrogen (secondary N) is 1. The van der Waals surface area contributed by atoms with Gasteiger partial charge in [0.15, 0.2) is 0 Å². The third-order valence-electron chi connectivity index (χ3n) is 1.44. The van der Waals surface area contributed by atoms with Crippen molar-refractivity contribution in [3.63, 3.8) is 0 Å². The Bertz CT molecular complexity index is 224. The van der Waals surface area contributed by atoms with Crippen molar-refractivity contribution in [1.82, 2.24) is 4.98 Å². The lowest BCUT2D eigenvalue weighted by atomic mass is 10.4. The van der Waals surface area contributed by atoms with Crippen molar-refractivity contribution in [1.29, 1.82) is 0 Å². The monoisotopic (exact) mass is 152 g/mol. The fraction of sp³-hybridized carbons (Fsp3) is 0.286. The van der Waals surface area contributed by atoms with E-state index in [0.717, 1.165) is 0 Å². The number of hydrogen-bond donors (Lipinski definition) is 1. The molecule has 2 nitrogen and oxygen atoms in total. The van der Waals surface area contributed by atoms with Crippen LogP contribution in [0.1, 0.15) is 6.92 Å². The SMILES string of the molecule is CC1Nc2cnccc2S1. The molecule has 1 unspecified atom stereocenters. The van der Waals surface area contributed by atoms with Gasteiger partial charge in [0.25, 0.3) is 0 Å². The highest BCUT2D eigenvalue weighted by atomic mass is 32.2. The zero-order chi connectivity index (χ0) is 6.97. The second kappa shape index (κ2) is 2.16. The number of fused-ring (bicyclic) bond motifs is 1. The van der Waals surface area contributed by atoms with Gasteiger partial charge in [-0.15, -0.1) is 0 Å². The highest BCUT2D eigenvalue weighted by Gasteiger charge is 2.15. The Morgan fingerprint density at radius 2 is 2.60 bits per heavy atom. The largest absolute Gasteiger partial charge is 0.371 e. The Kier molecular flexibility index (Phi) is 1.31. The molecule has 0 fully saturated rings. The molecule has 0 aliphatic carbocycles. The van der Waals surface area contributed by atoms with E-state index in [1.165, 1.54) is 10.6 Å². The van der Waals surface area contributed by atoms with Crippen LogP contribution >= 0.6 is 11.8 Å². The summed E-state index contributed by atoms with van der Waals surface area (Å²) >= 11 is 1.84.